The summed E-state index contributed by atoms with van der Waals surface area (Å²) in [5.41, 5.74) is 3.49. The molecule has 0 unspecified atom stereocenters. The lowest BCUT2D eigenvalue weighted by atomic mass is 9.93. The fraction of sp³-hybridized carbons (Fsp3) is 0.357. The summed E-state index contributed by atoms with van der Waals surface area (Å²) in [5, 5.41) is 2.69. The molecule has 2 rings (SSSR count). The third-order valence-electron chi connectivity index (χ3n) is 3.36. The summed E-state index contributed by atoms with van der Waals surface area (Å²) in [6, 6.07) is 1.90. The van der Waals surface area contributed by atoms with Crippen LogP contribution in [0.2, 0.25) is 0 Å². The fourth-order valence-corrected chi connectivity index (χ4v) is 2.27. The first-order valence-electron chi connectivity index (χ1n) is 5.97. The van der Waals surface area contributed by atoms with Gasteiger partial charge in [-0.05, 0) is 30.5 Å². The third-order valence-corrected chi connectivity index (χ3v) is 3.36. The number of amides is 1. The van der Waals surface area contributed by atoms with E-state index in [4.69, 9.17) is 0 Å². The molecule has 1 aliphatic heterocycles. The minimum absolute atomic E-state index is 0.132. The molecule has 0 spiro atoms. The van der Waals surface area contributed by atoms with Gasteiger partial charge in [0.05, 0.1) is 19.2 Å². The Hall–Kier alpha value is -2.17. The maximum absolute atomic E-state index is 12.2. The van der Waals surface area contributed by atoms with E-state index in [1.54, 1.807) is 0 Å². The van der Waals surface area contributed by atoms with Crippen molar-refractivity contribution in [1.29, 1.82) is 0 Å². The number of Topliss-reactive ketones (excluding diaryl/α,β-unsaturated/α-hetero) is 1. The zero-order chi connectivity index (χ0) is 14.2. The van der Waals surface area contributed by atoms with E-state index in [-0.39, 0.29) is 24.5 Å². The van der Waals surface area contributed by atoms with Crippen LogP contribution in [0.15, 0.2) is 6.07 Å². The first-order valence-corrected chi connectivity index (χ1v) is 5.97. The second kappa shape index (κ2) is 4.84. The molecule has 1 heterocycles. The van der Waals surface area contributed by atoms with Gasteiger partial charge in [-0.2, -0.15) is 0 Å². The molecule has 0 atom stereocenters. The zero-order valence-corrected chi connectivity index (χ0v) is 11.1. The van der Waals surface area contributed by atoms with Gasteiger partial charge in [-0.25, -0.2) is 0 Å². The van der Waals surface area contributed by atoms with Crippen molar-refractivity contribution in [3.05, 3.63) is 28.3 Å². The van der Waals surface area contributed by atoms with Gasteiger partial charge in [0.15, 0.2) is 5.78 Å². The number of esters is 1. The fourth-order valence-electron chi connectivity index (χ4n) is 2.27. The molecule has 1 aromatic rings. The number of rotatable bonds is 3. The van der Waals surface area contributed by atoms with E-state index in [9.17, 15) is 14.4 Å². The second-order valence-corrected chi connectivity index (χ2v) is 4.63. The van der Waals surface area contributed by atoms with Gasteiger partial charge in [-0.3, -0.25) is 14.4 Å². The predicted molar refractivity (Wildman–Crippen MR) is 69.2 cm³/mol. The number of nitrogens with one attached hydrogen (secondary N) is 1. The molecule has 1 amide bonds. The van der Waals surface area contributed by atoms with Crippen LogP contribution in [-0.2, 0) is 20.7 Å². The molecule has 0 bridgehead atoms. The molecular weight excluding hydrogens is 246 g/mol. The normalized spacial score (nSPS) is 12.9. The van der Waals surface area contributed by atoms with Gasteiger partial charge < -0.3 is 10.1 Å². The first kappa shape index (κ1) is 13.3. The van der Waals surface area contributed by atoms with Gasteiger partial charge in [0.25, 0.3) is 0 Å². The van der Waals surface area contributed by atoms with Crippen LogP contribution < -0.4 is 5.32 Å². The standard InChI is InChI=1S/C14H15NO4/c1-7-4-9-5-11(17)15-14(9)13(8(7)2)10(16)6-12(18)19-3/h4H,5-6H2,1-3H3,(H,15,17). The van der Waals surface area contributed by atoms with E-state index in [0.717, 1.165) is 16.7 Å². The van der Waals surface area contributed by atoms with Gasteiger partial charge in [0.1, 0.15) is 6.42 Å². The third kappa shape index (κ3) is 2.36. The van der Waals surface area contributed by atoms with Crippen LogP contribution in [0.5, 0.6) is 0 Å². The van der Waals surface area contributed by atoms with Crippen molar-refractivity contribution in [2.75, 3.05) is 12.4 Å². The Balaban J connectivity index is 2.48. The average Bonchev–Trinajstić information content (AvgIpc) is 2.69. The number of carbonyl (C=O) groups is 3. The van der Waals surface area contributed by atoms with E-state index >= 15 is 0 Å². The first-order chi connectivity index (χ1) is 8.93. The van der Waals surface area contributed by atoms with Crippen LogP contribution in [-0.4, -0.2) is 24.8 Å². The largest absolute Gasteiger partial charge is 0.469 e. The highest BCUT2D eigenvalue weighted by Gasteiger charge is 2.27. The number of fused-ring (bicyclic) bond motifs is 1. The molecule has 0 saturated heterocycles. The minimum Gasteiger partial charge on any atom is -0.469 e. The highest BCUT2D eigenvalue weighted by molar-refractivity contribution is 6.14. The van der Waals surface area contributed by atoms with Crippen LogP contribution in [0.4, 0.5) is 5.69 Å². The molecular formula is C14H15NO4. The molecule has 1 aliphatic rings. The molecule has 100 valence electrons. The van der Waals surface area contributed by atoms with Crippen molar-refractivity contribution in [3.63, 3.8) is 0 Å². The molecule has 1 N–H and O–H groups in total. The lowest BCUT2D eigenvalue weighted by Gasteiger charge is -2.13. The molecule has 1 aromatic carbocycles. The Labute approximate surface area is 110 Å². The molecule has 19 heavy (non-hydrogen) atoms. The number of ketones is 1. The number of hydrogen-bond donors (Lipinski definition) is 1. The van der Waals surface area contributed by atoms with Crippen LogP contribution in [0, 0.1) is 13.8 Å². The molecule has 0 aliphatic carbocycles. The van der Waals surface area contributed by atoms with E-state index in [2.05, 4.69) is 10.1 Å². The average molecular weight is 261 g/mol. The van der Waals surface area contributed by atoms with E-state index in [1.807, 2.05) is 19.9 Å². The minimum atomic E-state index is -0.580. The van der Waals surface area contributed by atoms with Gasteiger partial charge in [-0.15, -0.1) is 0 Å². The van der Waals surface area contributed by atoms with E-state index < -0.39 is 5.97 Å². The summed E-state index contributed by atoms with van der Waals surface area (Å²) in [4.78, 5) is 34.9. The number of ether oxygens (including phenoxy) is 1. The van der Waals surface area contributed by atoms with Crippen molar-refractivity contribution in [2.24, 2.45) is 0 Å². The van der Waals surface area contributed by atoms with Gasteiger partial charge in [-0.1, -0.05) is 6.07 Å². The number of anilines is 1. The maximum atomic E-state index is 12.2. The smallest absolute Gasteiger partial charge is 0.313 e. The van der Waals surface area contributed by atoms with Crippen LogP contribution in [0.1, 0.15) is 33.5 Å². The lowest BCUT2D eigenvalue weighted by Crippen LogP contribution is -2.14. The predicted octanol–water partition coefficient (Wildman–Crippen LogP) is 1.54. The maximum Gasteiger partial charge on any atom is 0.313 e. The monoisotopic (exact) mass is 261 g/mol. The SMILES string of the molecule is COC(=O)CC(=O)c1c(C)c(C)cc2c1NC(=O)C2. The summed E-state index contributed by atoms with van der Waals surface area (Å²) in [7, 11) is 1.24. The topological polar surface area (TPSA) is 72.5 Å². The Bertz CT molecular complexity index is 590. The van der Waals surface area contributed by atoms with Crippen LogP contribution in [0.3, 0.4) is 0 Å². The Morgan fingerprint density at radius 3 is 2.68 bits per heavy atom. The molecule has 0 fully saturated rings. The summed E-state index contributed by atoms with van der Waals surface area (Å²) in [5.74, 6) is -1.04. The van der Waals surface area contributed by atoms with Crippen molar-refractivity contribution in [1.82, 2.24) is 0 Å². The molecule has 0 saturated carbocycles. The summed E-state index contributed by atoms with van der Waals surface area (Å²) in [6.07, 6.45) is -0.0436. The number of benzene rings is 1. The number of hydrogen-bond acceptors (Lipinski definition) is 4. The number of aryl methyl sites for hydroxylation is 1. The molecule has 0 aromatic heterocycles. The molecule has 0 radical (unpaired) electrons. The van der Waals surface area contributed by atoms with Gasteiger partial charge >= 0.3 is 5.97 Å². The van der Waals surface area contributed by atoms with Crippen molar-refractivity contribution < 1.29 is 19.1 Å². The Kier molecular flexibility index (Phi) is 3.38. The highest BCUT2D eigenvalue weighted by atomic mass is 16.5. The van der Waals surface area contributed by atoms with Gasteiger partial charge in [0.2, 0.25) is 5.91 Å². The molecule has 5 heteroatoms. The Morgan fingerprint density at radius 2 is 2.05 bits per heavy atom. The number of carbonyl (C=O) groups excluding carboxylic acids is 3. The lowest BCUT2D eigenvalue weighted by molar-refractivity contribution is -0.139. The molecule has 5 nitrogen and oxygen atoms in total. The quantitative estimate of drug-likeness (QED) is 0.509. The van der Waals surface area contributed by atoms with Crippen LogP contribution >= 0.6 is 0 Å². The summed E-state index contributed by atoms with van der Waals surface area (Å²) in [6.45, 7) is 3.69. The summed E-state index contributed by atoms with van der Waals surface area (Å²) < 4.78 is 4.51. The zero-order valence-electron chi connectivity index (χ0n) is 11.1. The Morgan fingerprint density at radius 1 is 1.37 bits per heavy atom. The van der Waals surface area contributed by atoms with E-state index in [1.165, 1.54) is 7.11 Å². The van der Waals surface area contributed by atoms with Crippen LogP contribution in [0.25, 0.3) is 0 Å². The van der Waals surface area contributed by atoms with E-state index in [0.29, 0.717) is 11.3 Å². The highest BCUT2D eigenvalue weighted by Crippen LogP contribution is 2.32. The second-order valence-electron chi connectivity index (χ2n) is 4.63. The van der Waals surface area contributed by atoms with Gasteiger partial charge in [0, 0.05) is 5.56 Å². The van der Waals surface area contributed by atoms with Crippen molar-refractivity contribution in [2.45, 2.75) is 26.7 Å². The van der Waals surface area contributed by atoms with Crippen molar-refractivity contribution in [3.8, 4) is 0 Å². The van der Waals surface area contributed by atoms with Crippen molar-refractivity contribution >= 4 is 23.3 Å². The number of methoxy groups -OCH3 is 1. The summed E-state index contributed by atoms with van der Waals surface area (Å²) >= 11 is 0.